The number of hydrogen-bond acceptors (Lipinski definition) is 5. The number of ether oxygens (including phenoxy) is 1. The van der Waals surface area contributed by atoms with E-state index >= 15 is 0 Å². The summed E-state index contributed by atoms with van der Waals surface area (Å²) in [5, 5.41) is 3.57. The molecule has 0 aliphatic carbocycles. The minimum Gasteiger partial charge on any atom is -0.382 e. The molecule has 2 saturated heterocycles. The number of nitrogens with zero attached hydrogens (tertiary/aromatic N) is 3. The molecule has 2 aliphatic rings. The first-order valence-electron chi connectivity index (χ1n) is 10.5. The maximum atomic E-state index is 12.8. The van der Waals surface area contributed by atoms with Crippen LogP contribution in [0, 0.1) is 5.92 Å². The van der Waals surface area contributed by atoms with E-state index in [1.807, 2.05) is 23.6 Å². The molecule has 0 bridgehead atoms. The van der Waals surface area contributed by atoms with Crippen LogP contribution in [0.2, 0.25) is 0 Å². The van der Waals surface area contributed by atoms with Gasteiger partial charge < -0.3 is 24.8 Å². The quantitative estimate of drug-likeness (QED) is 0.629. The van der Waals surface area contributed by atoms with Gasteiger partial charge in [0.15, 0.2) is 0 Å². The van der Waals surface area contributed by atoms with Gasteiger partial charge in [-0.2, -0.15) is 0 Å². The number of piperidine rings is 1. The van der Waals surface area contributed by atoms with Gasteiger partial charge in [-0.25, -0.2) is 0 Å². The van der Waals surface area contributed by atoms with E-state index in [2.05, 4.69) is 17.1 Å². The van der Waals surface area contributed by atoms with Crippen molar-refractivity contribution < 1.29 is 14.3 Å². The summed E-state index contributed by atoms with van der Waals surface area (Å²) in [6.07, 6.45) is 2.16. The summed E-state index contributed by atoms with van der Waals surface area (Å²) in [6.45, 7) is 15.3. The second-order valence-corrected chi connectivity index (χ2v) is 7.94. The third kappa shape index (κ3) is 6.73. The van der Waals surface area contributed by atoms with Crippen LogP contribution in [0.1, 0.15) is 40.5 Å². The van der Waals surface area contributed by atoms with Crippen LogP contribution in [-0.4, -0.2) is 97.6 Å². The lowest BCUT2D eigenvalue weighted by Crippen LogP contribution is -2.57. The lowest BCUT2D eigenvalue weighted by atomic mass is 9.93. The smallest absolute Gasteiger partial charge is 0.239 e. The Kier molecular flexibility index (Phi) is 8.99. The van der Waals surface area contributed by atoms with Crippen LogP contribution in [0.15, 0.2) is 0 Å². The standard InChI is InChI=1S/C20H38N4O3/c1-5-27-14-6-8-22-9-7-19(16(2)15-22)21-17(3)20(26)24-12-10-23(11-13-24)18(4)25/h16-17,19,21H,5-15H2,1-4H3/t16-,17-,19+/m1/s1. The highest BCUT2D eigenvalue weighted by atomic mass is 16.5. The highest BCUT2D eigenvalue weighted by molar-refractivity contribution is 5.82. The summed E-state index contributed by atoms with van der Waals surface area (Å²) >= 11 is 0. The molecule has 0 aromatic carbocycles. The van der Waals surface area contributed by atoms with E-state index in [0.29, 0.717) is 38.1 Å². The fourth-order valence-corrected chi connectivity index (χ4v) is 4.13. The van der Waals surface area contributed by atoms with Crippen molar-refractivity contribution >= 4 is 11.8 Å². The van der Waals surface area contributed by atoms with E-state index in [9.17, 15) is 9.59 Å². The number of hydrogen-bond donors (Lipinski definition) is 1. The lowest BCUT2D eigenvalue weighted by molar-refractivity contribution is -0.139. The Morgan fingerprint density at radius 1 is 1.15 bits per heavy atom. The number of nitrogens with one attached hydrogen (secondary N) is 1. The molecule has 0 saturated carbocycles. The molecule has 0 unspecified atom stereocenters. The maximum absolute atomic E-state index is 12.8. The Balaban J connectivity index is 1.71. The van der Waals surface area contributed by atoms with Gasteiger partial charge in [0.1, 0.15) is 0 Å². The highest BCUT2D eigenvalue weighted by Gasteiger charge is 2.31. The van der Waals surface area contributed by atoms with Gasteiger partial charge in [-0.1, -0.05) is 6.92 Å². The van der Waals surface area contributed by atoms with Gasteiger partial charge in [-0.15, -0.1) is 0 Å². The minimum atomic E-state index is -0.175. The first kappa shape index (κ1) is 22.1. The Morgan fingerprint density at radius 2 is 1.81 bits per heavy atom. The van der Waals surface area contributed by atoms with Gasteiger partial charge >= 0.3 is 0 Å². The van der Waals surface area contributed by atoms with Gasteiger partial charge in [0, 0.05) is 65.4 Å². The fourth-order valence-electron chi connectivity index (χ4n) is 4.13. The molecular weight excluding hydrogens is 344 g/mol. The Bertz CT molecular complexity index is 480. The van der Waals surface area contributed by atoms with E-state index in [1.165, 1.54) is 0 Å². The van der Waals surface area contributed by atoms with Crippen molar-refractivity contribution in [2.45, 2.75) is 52.6 Å². The second-order valence-electron chi connectivity index (χ2n) is 7.94. The molecular formula is C20H38N4O3. The highest BCUT2D eigenvalue weighted by Crippen LogP contribution is 2.18. The third-order valence-electron chi connectivity index (χ3n) is 5.83. The van der Waals surface area contributed by atoms with E-state index in [1.54, 1.807) is 6.92 Å². The molecule has 2 amide bonds. The SMILES string of the molecule is CCOCCCN1CC[C@H](N[C@H](C)C(=O)N2CCN(C(C)=O)CC2)[C@H](C)C1. The van der Waals surface area contributed by atoms with Crippen molar-refractivity contribution in [3.63, 3.8) is 0 Å². The van der Waals surface area contributed by atoms with Gasteiger partial charge in [0.2, 0.25) is 11.8 Å². The lowest BCUT2D eigenvalue weighted by Gasteiger charge is -2.40. The van der Waals surface area contributed by atoms with Crippen LogP contribution < -0.4 is 5.32 Å². The molecule has 0 spiro atoms. The molecule has 2 aliphatic heterocycles. The molecule has 7 nitrogen and oxygen atoms in total. The van der Waals surface area contributed by atoms with Gasteiger partial charge in [0.05, 0.1) is 6.04 Å². The monoisotopic (exact) mass is 382 g/mol. The second kappa shape index (κ2) is 11.0. The fraction of sp³-hybridized carbons (Fsp3) is 0.900. The van der Waals surface area contributed by atoms with E-state index in [4.69, 9.17) is 4.74 Å². The Morgan fingerprint density at radius 3 is 2.41 bits per heavy atom. The van der Waals surface area contributed by atoms with Gasteiger partial charge in [0.25, 0.3) is 0 Å². The Labute approximate surface area is 164 Å². The molecule has 0 radical (unpaired) electrons. The molecule has 27 heavy (non-hydrogen) atoms. The molecule has 3 atom stereocenters. The molecule has 0 aromatic rings. The zero-order chi connectivity index (χ0) is 19.8. The zero-order valence-corrected chi connectivity index (χ0v) is 17.6. The zero-order valence-electron chi connectivity index (χ0n) is 17.6. The largest absolute Gasteiger partial charge is 0.382 e. The van der Waals surface area contributed by atoms with Crippen LogP contribution >= 0.6 is 0 Å². The van der Waals surface area contributed by atoms with Crippen LogP contribution in [-0.2, 0) is 14.3 Å². The van der Waals surface area contributed by atoms with Crippen molar-refractivity contribution in [1.82, 2.24) is 20.0 Å². The molecule has 0 aromatic heterocycles. The molecule has 2 heterocycles. The Hall–Kier alpha value is -1.18. The summed E-state index contributed by atoms with van der Waals surface area (Å²) in [4.78, 5) is 30.4. The van der Waals surface area contributed by atoms with Crippen LogP contribution in [0.4, 0.5) is 0 Å². The predicted octanol–water partition coefficient (Wildman–Crippen LogP) is 0.792. The van der Waals surface area contributed by atoms with Crippen LogP contribution in [0.5, 0.6) is 0 Å². The van der Waals surface area contributed by atoms with Crippen molar-refractivity contribution in [2.24, 2.45) is 5.92 Å². The minimum absolute atomic E-state index is 0.0927. The molecule has 2 fully saturated rings. The van der Waals surface area contributed by atoms with Gasteiger partial charge in [-0.05, 0) is 39.2 Å². The third-order valence-corrected chi connectivity index (χ3v) is 5.83. The summed E-state index contributed by atoms with van der Waals surface area (Å²) < 4.78 is 5.43. The molecule has 1 N–H and O–H groups in total. The average molecular weight is 383 g/mol. The molecule has 2 rings (SSSR count). The van der Waals surface area contributed by atoms with Crippen molar-refractivity contribution in [3.8, 4) is 0 Å². The maximum Gasteiger partial charge on any atom is 0.239 e. The summed E-state index contributed by atoms with van der Waals surface area (Å²) in [6, 6.07) is 0.205. The first-order chi connectivity index (χ1) is 12.9. The van der Waals surface area contributed by atoms with Crippen LogP contribution in [0.3, 0.4) is 0 Å². The predicted molar refractivity (Wildman–Crippen MR) is 107 cm³/mol. The first-order valence-corrected chi connectivity index (χ1v) is 10.5. The summed E-state index contributed by atoms with van der Waals surface area (Å²) in [5.41, 5.74) is 0. The van der Waals surface area contributed by atoms with Gasteiger partial charge in [-0.3, -0.25) is 9.59 Å². The average Bonchev–Trinajstić information content (AvgIpc) is 2.66. The number of carbonyl (C=O) groups is 2. The van der Waals surface area contributed by atoms with Crippen molar-refractivity contribution in [1.29, 1.82) is 0 Å². The van der Waals surface area contributed by atoms with E-state index in [-0.39, 0.29) is 17.9 Å². The number of rotatable bonds is 8. The topological polar surface area (TPSA) is 65.1 Å². The number of carbonyl (C=O) groups excluding carboxylic acids is 2. The van der Waals surface area contributed by atoms with Crippen LogP contribution in [0.25, 0.3) is 0 Å². The molecule has 7 heteroatoms. The van der Waals surface area contributed by atoms with Crippen molar-refractivity contribution in [2.75, 3.05) is 59.0 Å². The summed E-state index contributed by atoms with van der Waals surface area (Å²) in [5.74, 6) is 0.773. The number of likely N-dealkylation sites (tertiary alicyclic amines) is 1. The summed E-state index contributed by atoms with van der Waals surface area (Å²) in [7, 11) is 0. The van der Waals surface area contributed by atoms with E-state index in [0.717, 1.165) is 45.7 Å². The number of piperazine rings is 1. The van der Waals surface area contributed by atoms with E-state index < -0.39 is 0 Å². The number of amides is 2. The normalized spacial score (nSPS) is 25.5. The molecule has 156 valence electrons. The van der Waals surface area contributed by atoms with Crippen molar-refractivity contribution in [3.05, 3.63) is 0 Å².